The molecule has 0 saturated heterocycles. The van der Waals surface area contributed by atoms with Crippen LogP contribution in [0.1, 0.15) is 24.5 Å². The molecule has 0 aliphatic heterocycles. The lowest BCUT2D eigenvalue weighted by Crippen LogP contribution is -2.53. The van der Waals surface area contributed by atoms with Gasteiger partial charge in [0.25, 0.3) is 10.0 Å². The minimum atomic E-state index is -4.24. The molecular formula is C35H38BrN3O6S. The van der Waals surface area contributed by atoms with E-state index in [9.17, 15) is 18.0 Å². The predicted octanol–water partition coefficient (Wildman–Crippen LogP) is 5.83. The molecule has 1 atom stereocenters. The second kappa shape index (κ2) is 16.3. The van der Waals surface area contributed by atoms with E-state index >= 15 is 0 Å². The number of carbonyl (C=O) groups excluding carboxylic acids is 2. The van der Waals surface area contributed by atoms with Gasteiger partial charge in [0.05, 0.1) is 24.8 Å². The molecule has 0 aliphatic rings. The minimum absolute atomic E-state index is 0.0126. The number of methoxy groups -OCH3 is 2. The van der Waals surface area contributed by atoms with Gasteiger partial charge in [0.2, 0.25) is 11.8 Å². The highest BCUT2D eigenvalue weighted by atomic mass is 79.9. The van der Waals surface area contributed by atoms with Crippen molar-refractivity contribution in [1.29, 1.82) is 0 Å². The maximum absolute atomic E-state index is 14.5. The van der Waals surface area contributed by atoms with Crippen molar-refractivity contribution >= 4 is 43.5 Å². The largest absolute Gasteiger partial charge is 0.493 e. The Kier molecular flexibility index (Phi) is 12.2. The van der Waals surface area contributed by atoms with Gasteiger partial charge < -0.3 is 19.7 Å². The standard InChI is InChI=1S/C35H38BrN3O6S/c1-4-21-37-35(41)31(22-26-11-7-5-8-12-26)38(24-27-15-17-28(36)18-16-27)34(40)25-39(46(42,43)30-13-9-6-10-14-30)29-19-20-32(44-2)33(23-29)45-3/h5-20,23,31H,4,21-22,24-25H2,1-3H3,(H,37,41)/t31-/m1/s1. The molecule has 0 spiro atoms. The van der Waals surface area contributed by atoms with E-state index in [0.29, 0.717) is 24.5 Å². The number of sulfonamides is 1. The van der Waals surface area contributed by atoms with E-state index in [2.05, 4.69) is 21.2 Å². The number of nitrogens with zero attached hydrogens (tertiary/aromatic N) is 2. The number of rotatable bonds is 15. The summed E-state index contributed by atoms with van der Waals surface area (Å²) in [5, 5.41) is 2.95. The zero-order valence-electron chi connectivity index (χ0n) is 26.1. The summed E-state index contributed by atoms with van der Waals surface area (Å²) in [6.45, 7) is 1.89. The minimum Gasteiger partial charge on any atom is -0.493 e. The van der Waals surface area contributed by atoms with Crippen molar-refractivity contribution in [2.75, 3.05) is 31.6 Å². The average Bonchev–Trinajstić information content (AvgIpc) is 3.08. The molecule has 0 radical (unpaired) electrons. The molecule has 4 aromatic rings. The van der Waals surface area contributed by atoms with Crippen LogP contribution in [0.4, 0.5) is 5.69 Å². The highest BCUT2D eigenvalue weighted by molar-refractivity contribution is 9.10. The summed E-state index contributed by atoms with van der Waals surface area (Å²) in [6.07, 6.45) is 0.952. The average molecular weight is 709 g/mol. The molecule has 2 amide bonds. The molecule has 9 nitrogen and oxygen atoms in total. The van der Waals surface area contributed by atoms with Crippen LogP contribution >= 0.6 is 15.9 Å². The quantitative estimate of drug-likeness (QED) is 0.167. The van der Waals surface area contributed by atoms with Crippen LogP contribution in [0.5, 0.6) is 11.5 Å². The first-order valence-corrected chi connectivity index (χ1v) is 17.1. The summed E-state index contributed by atoms with van der Waals surface area (Å²) in [7, 11) is -1.31. The van der Waals surface area contributed by atoms with E-state index in [1.165, 1.54) is 37.3 Å². The van der Waals surface area contributed by atoms with Gasteiger partial charge in [-0.2, -0.15) is 0 Å². The van der Waals surface area contributed by atoms with Crippen molar-refractivity contribution in [2.24, 2.45) is 0 Å². The number of halogens is 1. The van der Waals surface area contributed by atoms with Crippen LogP contribution in [0.3, 0.4) is 0 Å². The Morgan fingerprint density at radius 1 is 0.826 bits per heavy atom. The number of ether oxygens (including phenoxy) is 2. The molecule has 0 aromatic heterocycles. The van der Waals surface area contributed by atoms with E-state index in [0.717, 1.165) is 19.9 Å². The van der Waals surface area contributed by atoms with Crippen molar-refractivity contribution in [3.05, 3.63) is 119 Å². The monoisotopic (exact) mass is 707 g/mol. The molecule has 0 aliphatic carbocycles. The summed E-state index contributed by atoms with van der Waals surface area (Å²) in [5.74, 6) is -0.167. The van der Waals surface area contributed by atoms with Crippen LogP contribution in [0.2, 0.25) is 0 Å². The third-order valence-electron chi connectivity index (χ3n) is 7.35. The SMILES string of the molecule is CCCNC(=O)[C@@H](Cc1ccccc1)N(Cc1ccc(Br)cc1)C(=O)CN(c1ccc(OC)c(OC)c1)S(=O)(=O)c1ccccc1. The Bertz CT molecular complexity index is 1700. The first-order chi connectivity index (χ1) is 22.2. The lowest BCUT2D eigenvalue weighted by molar-refractivity contribution is -0.140. The fourth-order valence-corrected chi connectivity index (χ4v) is 6.63. The maximum Gasteiger partial charge on any atom is 0.264 e. The van der Waals surface area contributed by atoms with Crippen molar-refractivity contribution in [3.8, 4) is 11.5 Å². The van der Waals surface area contributed by atoms with Crippen LogP contribution in [-0.4, -0.2) is 58.5 Å². The number of carbonyl (C=O) groups is 2. The predicted molar refractivity (Wildman–Crippen MR) is 182 cm³/mol. The summed E-state index contributed by atoms with van der Waals surface area (Å²) in [5.41, 5.74) is 1.84. The second-order valence-electron chi connectivity index (χ2n) is 10.5. The fraction of sp³-hybridized carbons (Fsp3) is 0.257. The Balaban J connectivity index is 1.82. The molecule has 4 aromatic carbocycles. The number of benzene rings is 4. The maximum atomic E-state index is 14.5. The molecule has 11 heteroatoms. The molecule has 0 bridgehead atoms. The van der Waals surface area contributed by atoms with Gasteiger partial charge in [0.15, 0.2) is 11.5 Å². The van der Waals surface area contributed by atoms with Gasteiger partial charge in [0.1, 0.15) is 12.6 Å². The molecule has 0 heterocycles. The molecular weight excluding hydrogens is 670 g/mol. The lowest BCUT2D eigenvalue weighted by atomic mass is 10.0. The van der Waals surface area contributed by atoms with E-state index < -0.39 is 28.5 Å². The van der Waals surface area contributed by atoms with Gasteiger partial charge in [-0.1, -0.05) is 83.5 Å². The molecule has 0 fully saturated rings. The smallest absolute Gasteiger partial charge is 0.264 e. The lowest BCUT2D eigenvalue weighted by Gasteiger charge is -2.34. The van der Waals surface area contributed by atoms with Gasteiger partial charge in [-0.3, -0.25) is 13.9 Å². The van der Waals surface area contributed by atoms with Crippen LogP contribution < -0.4 is 19.1 Å². The van der Waals surface area contributed by atoms with Crippen molar-refractivity contribution in [2.45, 2.75) is 37.2 Å². The van der Waals surface area contributed by atoms with Crippen LogP contribution in [0.25, 0.3) is 0 Å². The summed E-state index contributed by atoms with van der Waals surface area (Å²) >= 11 is 3.45. The molecule has 4 rings (SSSR count). The Labute approximate surface area is 279 Å². The van der Waals surface area contributed by atoms with Crippen molar-refractivity contribution in [3.63, 3.8) is 0 Å². The molecule has 0 saturated carbocycles. The first-order valence-electron chi connectivity index (χ1n) is 14.8. The number of anilines is 1. The number of amides is 2. The van der Waals surface area contributed by atoms with Crippen LogP contribution in [0, 0.1) is 0 Å². The number of hydrogen-bond acceptors (Lipinski definition) is 6. The van der Waals surface area contributed by atoms with Crippen LogP contribution in [0.15, 0.2) is 112 Å². The van der Waals surface area contributed by atoms with E-state index in [1.807, 2.05) is 61.5 Å². The molecule has 242 valence electrons. The Hall–Kier alpha value is -4.35. The van der Waals surface area contributed by atoms with Gasteiger partial charge in [0, 0.05) is 30.0 Å². The summed E-state index contributed by atoms with van der Waals surface area (Å²) < 4.78 is 41.1. The van der Waals surface area contributed by atoms with Crippen LogP contribution in [-0.2, 0) is 32.6 Å². The molecule has 0 unspecified atom stereocenters. The second-order valence-corrected chi connectivity index (χ2v) is 13.3. The van der Waals surface area contributed by atoms with Crippen molar-refractivity contribution < 1.29 is 27.5 Å². The molecule has 1 N–H and O–H groups in total. The third kappa shape index (κ3) is 8.67. The summed E-state index contributed by atoms with van der Waals surface area (Å²) in [6, 6.07) is 28.5. The van der Waals surface area contributed by atoms with E-state index in [-0.39, 0.29) is 29.5 Å². The van der Waals surface area contributed by atoms with E-state index in [1.54, 1.807) is 30.3 Å². The Morgan fingerprint density at radius 2 is 1.46 bits per heavy atom. The topological polar surface area (TPSA) is 105 Å². The highest BCUT2D eigenvalue weighted by Gasteiger charge is 2.35. The number of hydrogen-bond donors (Lipinski definition) is 1. The van der Waals surface area contributed by atoms with Gasteiger partial charge >= 0.3 is 0 Å². The third-order valence-corrected chi connectivity index (χ3v) is 9.67. The fourth-order valence-electron chi connectivity index (χ4n) is 4.93. The Morgan fingerprint density at radius 3 is 2.07 bits per heavy atom. The van der Waals surface area contributed by atoms with Crippen molar-refractivity contribution in [1.82, 2.24) is 10.2 Å². The summed E-state index contributed by atoms with van der Waals surface area (Å²) in [4.78, 5) is 29.8. The first kappa shape index (κ1) is 34.5. The normalized spacial score (nSPS) is 11.7. The zero-order chi connectivity index (χ0) is 33.1. The molecule has 46 heavy (non-hydrogen) atoms. The highest BCUT2D eigenvalue weighted by Crippen LogP contribution is 2.34. The zero-order valence-corrected chi connectivity index (χ0v) is 28.5. The number of nitrogens with one attached hydrogen (secondary N) is 1. The van der Waals surface area contributed by atoms with E-state index in [4.69, 9.17) is 9.47 Å². The van der Waals surface area contributed by atoms with Gasteiger partial charge in [-0.25, -0.2) is 8.42 Å². The van der Waals surface area contributed by atoms with Gasteiger partial charge in [-0.15, -0.1) is 0 Å². The van der Waals surface area contributed by atoms with Gasteiger partial charge in [-0.05, 0) is 53.9 Å².